The van der Waals surface area contributed by atoms with Crippen LogP contribution in [0.3, 0.4) is 0 Å². The van der Waals surface area contributed by atoms with Crippen molar-refractivity contribution in [2.45, 2.75) is 0 Å². The molecule has 0 spiro atoms. The summed E-state index contributed by atoms with van der Waals surface area (Å²) in [5.41, 5.74) is 0. The van der Waals surface area contributed by atoms with Gasteiger partial charge in [-0.25, -0.2) is 0 Å². The van der Waals surface area contributed by atoms with E-state index in [0.717, 1.165) is 0 Å². The second kappa shape index (κ2) is 60.4. The van der Waals surface area contributed by atoms with Crippen molar-refractivity contribution in [3.63, 3.8) is 0 Å². The molecule has 0 unspecified atom stereocenters. The van der Waals surface area contributed by atoms with Crippen molar-refractivity contribution in [2.75, 3.05) is 0 Å². The van der Waals surface area contributed by atoms with Crippen LogP contribution in [0.2, 0.25) is 0 Å². The molecule has 0 saturated heterocycles. The van der Waals surface area contributed by atoms with Crippen LogP contribution in [0, 0.1) is 0 Å². The minimum Gasteiger partial charge on any atom is -0.0835 e. The van der Waals surface area contributed by atoms with Gasteiger partial charge in [-0.05, 0) is 60.4 Å². The molecule has 0 saturated carbocycles. The first-order valence-corrected chi connectivity index (χ1v) is 83.0. The molecule has 0 aromatic carbocycles. The van der Waals surface area contributed by atoms with Crippen LogP contribution in [-0.2, 0) is 0 Å². The van der Waals surface area contributed by atoms with E-state index in [-0.39, 0.29) is 0 Å². The zero-order valence-corrected chi connectivity index (χ0v) is 63.2. The Morgan fingerprint density at radius 1 is 0.170 bits per heavy atom. The fourth-order valence-corrected chi connectivity index (χ4v) is 187. The molecule has 47 heteroatoms. The molecule has 0 aromatic heterocycles. The maximum atomic E-state index is 4.23. The van der Waals surface area contributed by atoms with Crippen LogP contribution in [0.5, 0.6) is 0 Å². The third-order valence-electron chi connectivity index (χ3n) is 1.76. The molecule has 0 amide bonds. The van der Waals surface area contributed by atoms with E-state index >= 15 is 0 Å². The fourth-order valence-electron chi connectivity index (χ4n) is 0.771. The summed E-state index contributed by atoms with van der Waals surface area (Å²) in [6.45, 7) is 1.21. The smallest absolute Gasteiger partial charge is 0.0835 e. The third kappa shape index (κ3) is 60.4. The van der Waals surface area contributed by atoms with Crippen molar-refractivity contribution < 1.29 is 0 Å². The van der Waals surface area contributed by atoms with Gasteiger partial charge in [0, 0.05) is 181 Å². The first kappa shape index (κ1) is 61.4. The van der Waals surface area contributed by atoms with Gasteiger partial charge in [0.05, 0.1) is 0 Å². The Labute approximate surface area is 351 Å². The van der Waals surface area contributed by atoms with E-state index in [9.17, 15) is 0 Å². The van der Waals surface area contributed by atoms with Gasteiger partial charge in [0.25, 0.3) is 0 Å². The molecule has 0 bridgehead atoms. The molecule has 0 aliphatic carbocycles. The molecule has 47 heavy (non-hydrogen) atoms. The summed E-state index contributed by atoms with van der Waals surface area (Å²) in [4.78, 5) is 0. The maximum absolute atomic E-state index is 4.23. The summed E-state index contributed by atoms with van der Waals surface area (Å²) >= 11 is 0. The Morgan fingerprint density at radius 3 is 0.383 bits per heavy atom. The van der Waals surface area contributed by atoms with Gasteiger partial charge in [0.15, 0.2) is 0 Å². The van der Waals surface area contributed by atoms with Gasteiger partial charge in [-0.3, -0.25) is 0 Å². The molecule has 0 atom stereocenters. The molecule has 0 aromatic rings. The Morgan fingerprint density at radius 2 is 0.277 bits per heavy atom. The number of hydrogen-bond acceptors (Lipinski definition) is 0. The molecule has 0 N–H and O–H groups in total. The second-order valence-electron chi connectivity index (χ2n) is 4.04. The zero-order valence-electron chi connectivity index (χ0n) is 21.1. The zero-order chi connectivity index (χ0) is 33.8. The van der Waals surface area contributed by atoms with E-state index in [0.29, 0.717) is 0 Å². The summed E-state index contributed by atoms with van der Waals surface area (Å²) in [5, 5.41) is 0. The number of rotatable bonds is 22. The Hall–Kier alpha value is 14.4. The average molecular weight is 1460 g/mol. The van der Waals surface area contributed by atoms with Crippen LogP contribution in [0.1, 0.15) is 0 Å². The van der Waals surface area contributed by atoms with E-state index in [1.54, 1.807) is 295 Å². The molecule has 0 aliphatic rings. The van der Waals surface area contributed by atoms with E-state index in [2.05, 4.69) is 16.9 Å². The average Bonchev–Trinajstić information content (AvgIpc) is 3.08. The Bertz CT molecular complexity index is 1550. The van der Waals surface area contributed by atoms with Gasteiger partial charge >= 0.3 is 106 Å². The van der Waals surface area contributed by atoms with Crippen LogP contribution in [0.15, 0.2) is 0 Å². The minimum atomic E-state index is 1.21. The quantitative estimate of drug-likeness (QED) is 0.0948. The normalized spacial score (nSPS) is 15.2. The van der Waals surface area contributed by atoms with Crippen LogP contribution >= 0.6 is 356 Å². The first-order valence-electron chi connectivity index (χ1n) is 9.22. The van der Waals surface area contributed by atoms with Crippen LogP contribution < -0.4 is 0 Å². The van der Waals surface area contributed by atoms with E-state index in [1.807, 2.05) is 0 Å². The predicted octanol–water partition coefficient (Wildman–Crippen LogP) is 40.2. The molecule has 0 radical (unpaired) electrons. The second-order valence-corrected chi connectivity index (χ2v) is 109. The fraction of sp³-hybridized carbons (Fsp3) is 0. The summed E-state index contributed by atoms with van der Waals surface area (Å²) < 4.78 is 0. The van der Waals surface area contributed by atoms with Crippen molar-refractivity contribution >= 4 is 356 Å². The van der Waals surface area contributed by atoms with Crippen molar-refractivity contribution in [3.05, 3.63) is 0 Å². The van der Waals surface area contributed by atoms with Crippen LogP contribution in [0.4, 0.5) is 0 Å². The SMILES string of the molecule is P#P=P\P=P/P=P\P=P/P=P\P=P/P=P\P=P/P=P\P=P/P=P\P=P/P=P\P=P/P=P\P=P/P=P\P=P/P=P\P=P/P=P\P=P/P=P. The van der Waals surface area contributed by atoms with Crippen molar-refractivity contribution in [1.82, 2.24) is 0 Å². The summed E-state index contributed by atoms with van der Waals surface area (Å²) in [6.07, 6.45) is 0. The van der Waals surface area contributed by atoms with E-state index < -0.39 is 0 Å². The summed E-state index contributed by atoms with van der Waals surface area (Å²) in [5.74, 6) is 0. The van der Waals surface area contributed by atoms with Gasteiger partial charge < -0.3 is 0 Å². The molecule has 0 rings (SSSR count). The van der Waals surface area contributed by atoms with Crippen molar-refractivity contribution in [3.8, 4) is 0 Å². The molecule has 0 fully saturated rings. The minimum absolute atomic E-state index is 1.21. The number of hydrogen-bond donors (Lipinski definition) is 0. The first-order chi connectivity index (χ1) is 23.4. The van der Waals surface area contributed by atoms with Crippen molar-refractivity contribution in [2.24, 2.45) is 0 Å². The van der Waals surface area contributed by atoms with Crippen molar-refractivity contribution in [1.29, 1.82) is 0 Å². The molecule has 0 heterocycles. The van der Waals surface area contributed by atoms with Crippen LogP contribution in [0.25, 0.3) is 0 Å². The van der Waals surface area contributed by atoms with Gasteiger partial charge in [0.1, 0.15) is 0 Å². The Kier molecular flexibility index (Phi) is 78.8. The molecule has 0 aliphatic heterocycles. The standard InChI is InChI=1S/HP47/c1-3-5-7-9-11-13-15-17-19-21-23-25-27-29-31-33-35-37-39-41-43-45-47-46-44-42-40-38-36-34-32-30-28-26-24-22-20-18-16-14-12-10-8-6-4-2/h1H. The summed E-state index contributed by atoms with van der Waals surface area (Å²) in [7, 11) is 77.3. The van der Waals surface area contributed by atoms with E-state index in [4.69, 9.17) is 0 Å². The predicted molar refractivity (Wildman–Crippen MR) is 327 cm³/mol. The van der Waals surface area contributed by atoms with Gasteiger partial charge in [0.2, 0.25) is 0 Å². The molecule has 236 valence electrons. The molecular weight excluding hydrogens is 1460 g/mol. The topological polar surface area (TPSA) is 0 Å². The summed E-state index contributed by atoms with van der Waals surface area (Å²) in [6, 6.07) is 0. The van der Waals surface area contributed by atoms with Crippen LogP contribution in [-0.4, -0.2) is 0 Å². The molecule has 0 nitrogen and oxygen atoms in total. The monoisotopic (exact) mass is 1460 g/mol. The van der Waals surface area contributed by atoms with E-state index in [1.165, 1.54) is 44.8 Å². The third-order valence-corrected chi connectivity index (χ3v) is 143. The van der Waals surface area contributed by atoms with Gasteiger partial charge in [-0.1, -0.05) is 8.53 Å². The molecular formula is HP47. The van der Waals surface area contributed by atoms with Gasteiger partial charge in [-0.2, -0.15) is 0 Å². The van der Waals surface area contributed by atoms with Gasteiger partial charge in [-0.15, -0.1) is 0 Å². The Balaban J connectivity index is 4.05.